The van der Waals surface area contributed by atoms with Crippen LogP contribution in [-0.2, 0) is 6.54 Å². The Labute approximate surface area is 154 Å². The van der Waals surface area contributed by atoms with E-state index in [1.165, 1.54) is 0 Å². The van der Waals surface area contributed by atoms with Crippen LogP contribution in [-0.4, -0.2) is 24.5 Å². The number of hydrogen-bond donors (Lipinski definition) is 3. The third-order valence-electron chi connectivity index (χ3n) is 4.10. The van der Waals surface area contributed by atoms with E-state index >= 15 is 0 Å². The van der Waals surface area contributed by atoms with Gasteiger partial charge in [-0.05, 0) is 62.7 Å². The summed E-state index contributed by atoms with van der Waals surface area (Å²) in [4.78, 5) is 25.4. The normalized spacial score (nSPS) is 10.5. The topological polar surface area (TPSA) is 87.5 Å². The number of primary amides is 1. The van der Waals surface area contributed by atoms with Crippen molar-refractivity contribution >= 4 is 23.3 Å². The Hall–Kier alpha value is -3.02. The molecule has 138 valence electrons. The molecule has 0 radical (unpaired) electrons. The largest absolute Gasteiger partial charge is 0.369 e. The van der Waals surface area contributed by atoms with Crippen molar-refractivity contribution in [3.63, 3.8) is 0 Å². The van der Waals surface area contributed by atoms with E-state index < -0.39 is 6.03 Å². The summed E-state index contributed by atoms with van der Waals surface area (Å²) in [6.45, 7) is 7.70. The summed E-state index contributed by atoms with van der Waals surface area (Å²) in [5, 5.41) is 5.41. The maximum Gasteiger partial charge on any atom is 0.312 e. The van der Waals surface area contributed by atoms with Crippen LogP contribution in [0.4, 0.5) is 16.2 Å². The van der Waals surface area contributed by atoms with Crippen molar-refractivity contribution in [1.82, 2.24) is 5.32 Å². The van der Waals surface area contributed by atoms with E-state index in [1.807, 2.05) is 24.3 Å². The standard InChI is InChI=1S/C20H26N4O2/c1-4-24(14(2)3)18-11-9-17(10-12-18)23-19(25)16-7-5-15(6-8-16)13-22-20(21)26/h5-12,14H,4,13H2,1-3H3,(H,23,25)(H3,21,22,26). The SMILES string of the molecule is CCN(c1ccc(NC(=O)c2ccc(CNC(N)=O)cc2)cc1)C(C)C. The van der Waals surface area contributed by atoms with Crippen molar-refractivity contribution in [3.8, 4) is 0 Å². The van der Waals surface area contributed by atoms with Crippen LogP contribution in [0.2, 0.25) is 0 Å². The molecular weight excluding hydrogens is 328 g/mol. The number of nitrogens with one attached hydrogen (secondary N) is 2. The van der Waals surface area contributed by atoms with Crippen molar-refractivity contribution in [2.45, 2.75) is 33.4 Å². The zero-order valence-electron chi connectivity index (χ0n) is 15.5. The van der Waals surface area contributed by atoms with Gasteiger partial charge in [0.1, 0.15) is 0 Å². The van der Waals surface area contributed by atoms with Crippen LogP contribution in [0.3, 0.4) is 0 Å². The number of carbonyl (C=O) groups is 2. The number of urea groups is 1. The molecular formula is C20H26N4O2. The predicted octanol–water partition coefficient (Wildman–Crippen LogP) is 3.34. The van der Waals surface area contributed by atoms with Crippen LogP contribution in [0.1, 0.15) is 36.7 Å². The van der Waals surface area contributed by atoms with Crippen molar-refractivity contribution < 1.29 is 9.59 Å². The molecule has 0 fully saturated rings. The number of benzene rings is 2. The highest BCUT2D eigenvalue weighted by Crippen LogP contribution is 2.20. The lowest BCUT2D eigenvalue weighted by Gasteiger charge is -2.27. The summed E-state index contributed by atoms with van der Waals surface area (Å²) in [5.74, 6) is -0.177. The van der Waals surface area contributed by atoms with Crippen LogP contribution in [0, 0.1) is 0 Å². The van der Waals surface area contributed by atoms with Gasteiger partial charge < -0.3 is 21.3 Å². The van der Waals surface area contributed by atoms with Crippen molar-refractivity contribution in [2.24, 2.45) is 5.73 Å². The lowest BCUT2D eigenvalue weighted by Crippen LogP contribution is -2.30. The molecule has 3 amide bonds. The predicted molar refractivity (Wildman–Crippen MR) is 105 cm³/mol. The van der Waals surface area contributed by atoms with Gasteiger partial charge in [0.05, 0.1) is 0 Å². The van der Waals surface area contributed by atoms with Crippen LogP contribution >= 0.6 is 0 Å². The third-order valence-corrected chi connectivity index (χ3v) is 4.10. The maximum absolute atomic E-state index is 12.4. The number of carbonyl (C=O) groups excluding carboxylic acids is 2. The third kappa shape index (κ3) is 5.24. The molecule has 6 heteroatoms. The van der Waals surface area contributed by atoms with Crippen LogP contribution in [0.5, 0.6) is 0 Å². The summed E-state index contributed by atoms with van der Waals surface area (Å²) in [6, 6.07) is 14.7. The van der Waals surface area contributed by atoms with E-state index in [9.17, 15) is 9.59 Å². The second-order valence-electron chi connectivity index (χ2n) is 6.30. The summed E-state index contributed by atoms with van der Waals surface area (Å²) in [6.07, 6.45) is 0. The molecule has 0 aromatic heterocycles. The molecule has 2 aromatic rings. The van der Waals surface area contributed by atoms with Gasteiger partial charge in [-0.25, -0.2) is 4.79 Å². The minimum absolute atomic E-state index is 0.177. The number of nitrogens with zero attached hydrogens (tertiary/aromatic N) is 1. The maximum atomic E-state index is 12.4. The Kier molecular flexibility index (Phi) is 6.60. The van der Waals surface area contributed by atoms with Crippen LogP contribution in [0.25, 0.3) is 0 Å². The van der Waals surface area contributed by atoms with Crippen molar-refractivity contribution in [3.05, 3.63) is 59.7 Å². The molecule has 0 spiro atoms. The Morgan fingerprint density at radius 2 is 1.65 bits per heavy atom. The quantitative estimate of drug-likeness (QED) is 0.712. The fourth-order valence-corrected chi connectivity index (χ4v) is 2.75. The average molecular weight is 354 g/mol. The second-order valence-corrected chi connectivity index (χ2v) is 6.30. The van der Waals surface area contributed by atoms with Gasteiger partial charge in [0.15, 0.2) is 0 Å². The number of rotatable bonds is 7. The van der Waals surface area contributed by atoms with E-state index in [1.54, 1.807) is 24.3 Å². The summed E-state index contributed by atoms with van der Waals surface area (Å²) >= 11 is 0. The molecule has 0 aliphatic heterocycles. The molecule has 0 aliphatic rings. The van der Waals surface area contributed by atoms with Gasteiger partial charge >= 0.3 is 6.03 Å². The zero-order valence-corrected chi connectivity index (χ0v) is 15.5. The number of anilines is 2. The van der Waals surface area contributed by atoms with E-state index in [4.69, 9.17) is 5.73 Å². The van der Waals surface area contributed by atoms with Gasteiger partial charge in [0.2, 0.25) is 0 Å². The zero-order chi connectivity index (χ0) is 19.1. The minimum Gasteiger partial charge on any atom is -0.369 e. The van der Waals surface area contributed by atoms with Gasteiger partial charge in [-0.3, -0.25) is 4.79 Å². The van der Waals surface area contributed by atoms with Gasteiger partial charge in [0.25, 0.3) is 5.91 Å². The lowest BCUT2D eigenvalue weighted by molar-refractivity contribution is 0.102. The number of nitrogens with two attached hydrogens (primary N) is 1. The van der Waals surface area contributed by atoms with Crippen molar-refractivity contribution in [2.75, 3.05) is 16.8 Å². The van der Waals surface area contributed by atoms with Gasteiger partial charge in [-0.15, -0.1) is 0 Å². The Balaban J connectivity index is 1.99. The first-order chi connectivity index (χ1) is 12.4. The fourth-order valence-electron chi connectivity index (χ4n) is 2.75. The number of amides is 3. The molecule has 0 unspecified atom stereocenters. The first-order valence-electron chi connectivity index (χ1n) is 8.71. The van der Waals surface area contributed by atoms with E-state index in [0.29, 0.717) is 18.2 Å². The van der Waals surface area contributed by atoms with Crippen LogP contribution in [0.15, 0.2) is 48.5 Å². The van der Waals surface area contributed by atoms with E-state index in [0.717, 1.165) is 23.5 Å². The van der Waals surface area contributed by atoms with Crippen LogP contribution < -0.4 is 21.3 Å². The molecule has 2 aromatic carbocycles. The summed E-state index contributed by atoms with van der Waals surface area (Å²) in [7, 11) is 0. The molecule has 0 aliphatic carbocycles. The molecule has 26 heavy (non-hydrogen) atoms. The highest BCUT2D eigenvalue weighted by Gasteiger charge is 2.09. The van der Waals surface area contributed by atoms with Gasteiger partial charge in [-0.1, -0.05) is 12.1 Å². The van der Waals surface area contributed by atoms with E-state index in [-0.39, 0.29) is 5.91 Å². The Morgan fingerprint density at radius 3 is 2.15 bits per heavy atom. The molecule has 0 atom stereocenters. The first-order valence-corrected chi connectivity index (χ1v) is 8.71. The van der Waals surface area contributed by atoms with Crippen molar-refractivity contribution in [1.29, 1.82) is 0 Å². The molecule has 2 rings (SSSR count). The molecule has 4 N–H and O–H groups in total. The molecule has 0 saturated heterocycles. The fraction of sp³-hybridized carbons (Fsp3) is 0.300. The minimum atomic E-state index is -0.575. The second kappa shape index (κ2) is 8.89. The lowest BCUT2D eigenvalue weighted by atomic mass is 10.1. The Bertz CT molecular complexity index is 739. The monoisotopic (exact) mass is 354 g/mol. The van der Waals surface area contributed by atoms with Gasteiger partial charge in [0, 0.05) is 36.1 Å². The highest BCUT2D eigenvalue weighted by atomic mass is 16.2. The Morgan fingerprint density at radius 1 is 1.04 bits per heavy atom. The average Bonchev–Trinajstić information content (AvgIpc) is 2.62. The molecule has 0 saturated carbocycles. The summed E-state index contributed by atoms with van der Waals surface area (Å²) < 4.78 is 0. The molecule has 6 nitrogen and oxygen atoms in total. The molecule has 0 heterocycles. The molecule has 0 bridgehead atoms. The highest BCUT2D eigenvalue weighted by molar-refractivity contribution is 6.04. The van der Waals surface area contributed by atoms with E-state index in [2.05, 4.69) is 36.3 Å². The van der Waals surface area contributed by atoms with Gasteiger partial charge in [-0.2, -0.15) is 0 Å². The smallest absolute Gasteiger partial charge is 0.312 e. The summed E-state index contributed by atoms with van der Waals surface area (Å²) in [5.41, 5.74) is 8.34. The number of hydrogen-bond acceptors (Lipinski definition) is 3. The first kappa shape index (κ1) is 19.3.